The molecular formula is C11H19NO2. The molecule has 1 spiro atoms. The van der Waals surface area contributed by atoms with Gasteiger partial charge in [0, 0.05) is 6.54 Å². The lowest BCUT2D eigenvalue weighted by molar-refractivity contribution is -0.0613. The van der Waals surface area contributed by atoms with Crippen LogP contribution in [0.2, 0.25) is 0 Å². The Bertz CT molecular complexity index is 244. The Morgan fingerprint density at radius 2 is 2.21 bits per heavy atom. The lowest BCUT2D eigenvalue weighted by Crippen LogP contribution is -2.48. The van der Waals surface area contributed by atoms with Gasteiger partial charge in [0.15, 0.2) is 0 Å². The minimum atomic E-state index is -0.116. The van der Waals surface area contributed by atoms with Crippen molar-refractivity contribution in [3.8, 4) is 0 Å². The summed E-state index contributed by atoms with van der Waals surface area (Å²) in [5.74, 6) is 1.47. The molecule has 1 saturated heterocycles. The zero-order chi connectivity index (χ0) is 10.3. The van der Waals surface area contributed by atoms with Crippen LogP contribution in [-0.2, 0) is 4.74 Å². The second-order valence-electron chi connectivity index (χ2n) is 4.98. The summed E-state index contributed by atoms with van der Waals surface area (Å²) in [6.07, 6.45) is 2.01. The van der Waals surface area contributed by atoms with Crippen LogP contribution in [0.15, 0.2) is 0 Å². The highest BCUT2D eigenvalue weighted by molar-refractivity contribution is 5.70. The third-order valence-corrected chi connectivity index (χ3v) is 3.63. The SMILES string of the molecule is CCN1C[C@]2(C[C@@H](C(C)C)C2)OC1=O. The van der Waals surface area contributed by atoms with Crippen LogP contribution in [0.25, 0.3) is 0 Å². The number of carbonyl (C=O) groups is 1. The first-order chi connectivity index (χ1) is 6.56. The monoisotopic (exact) mass is 197 g/mol. The Balaban J connectivity index is 1.94. The van der Waals surface area contributed by atoms with Gasteiger partial charge in [-0.1, -0.05) is 13.8 Å². The van der Waals surface area contributed by atoms with Gasteiger partial charge in [-0.2, -0.15) is 0 Å². The van der Waals surface area contributed by atoms with Gasteiger partial charge in [-0.05, 0) is 31.6 Å². The van der Waals surface area contributed by atoms with Gasteiger partial charge < -0.3 is 9.64 Å². The van der Waals surface area contributed by atoms with Crippen LogP contribution in [0.1, 0.15) is 33.6 Å². The number of rotatable bonds is 2. The van der Waals surface area contributed by atoms with E-state index in [1.807, 2.05) is 6.92 Å². The first-order valence-electron chi connectivity index (χ1n) is 5.54. The molecule has 2 fully saturated rings. The maximum absolute atomic E-state index is 11.4. The van der Waals surface area contributed by atoms with E-state index in [1.165, 1.54) is 0 Å². The summed E-state index contributed by atoms with van der Waals surface area (Å²) in [5, 5.41) is 0. The molecule has 1 aliphatic carbocycles. The van der Waals surface area contributed by atoms with Crippen LogP contribution in [0.3, 0.4) is 0 Å². The number of likely N-dealkylation sites (N-methyl/N-ethyl adjacent to an activating group) is 1. The summed E-state index contributed by atoms with van der Waals surface area (Å²) in [7, 11) is 0. The molecule has 0 radical (unpaired) electrons. The van der Waals surface area contributed by atoms with Crippen molar-refractivity contribution in [2.45, 2.75) is 39.2 Å². The third-order valence-electron chi connectivity index (χ3n) is 3.63. The van der Waals surface area contributed by atoms with E-state index < -0.39 is 0 Å². The van der Waals surface area contributed by atoms with Crippen molar-refractivity contribution in [2.75, 3.05) is 13.1 Å². The largest absolute Gasteiger partial charge is 0.441 e. The molecule has 14 heavy (non-hydrogen) atoms. The first-order valence-corrected chi connectivity index (χ1v) is 5.54. The van der Waals surface area contributed by atoms with E-state index >= 15 is 0 Å². The lowest BCUT2D eigenvalue weighted by atomic mass is 9.66. The molecule has 0 aromatic carbocycles. The predicted octanol–water partition coefficient (Wildman–Crippen LogP) is 2.26. The van der Waals surface area contributed by atoms with Gasteiger partial charge in [-0.25, -0.2) is 4.79 Å². The summed E-state index contributed by atoms with van der Waals surface area (Å²) < 4.78 is 5.46. The van der Waals surface area contributed by atoms with E-state index in [2.05, 4.69) is 13.8 Å². The molecule has 0 bridgehead atoms. The third kappa shape index (κ3) is 1.39. The lowest BCUT2D eigenvalue weighted by Gasteiger charge is -2.44. The molecule has 2 rings (SSSR count). The standard InChI is InChI=1S/C11H19NO2/c1-4-12-7-11(14-10(12)13)5-9(6-11)8(2)3/h8-9H,4-7H2,1-3H3/t9-,11-. The van der Waals surface area contributed by atoms with E-state index in [-0.39, 0.29) is 11.7 Å². The molecule has 1 aliphatic heterocycles. The Morgan fingerprint density at radius 3 is 2.64 bits per heavy atom. The van der Waals surface area contributed by atoms with Crippen molar-refractivity contribution < 1.29 is 9.53 Å². The Morgan fingerprint density at radius 1 is 1.57 bits per heavy atom. The Labute approximate surface area is 85.4 Å². The molecule has 1 saturated carbocycles. The molecule has 3 nitrogen and oxygen atoms in total. The molecule has 0 N–H and O–H groups in total. The molecule has 80 valence electrons. The van der Waals surface area contributed by atoms with E-state index in [0.29, 0.717) is 0 Å². The van der Waals surface area contributed by atoms with E-state index in [1.54, 1.807) is 4.90 Å². The van der Waals surface area contributed by atoms with Gasteiger partial charge >= 0.3 is 6.09 Å². The summed E-state index contributed by atoms with van der Waals surface area (Å²) in [6.45, 7) is 8.06. The van der Waals surface area contributed by atoms with Gasteiger partial charge in [0.2, 0.25) is 0 Å². The van der Waals surface area contributed by atoms with Crippen LogP contribution in [0.4, 0.5) is 4.79 Å². The molecule has 3 heteroatoms. The average molecular weight is 197 g/mol. The maximum Gasteiger partial charge on any atom is 0.410 e. The zero-order valence-corrected chi connectivity index (χ0v) is 9.25. The highest BCUT2D eigenvalue weighted by Gasteiger charge is 2.54. The van der Waals surface area contributed by atoms with Crippen LogP contribution < -0.4 is 0 Å². The molecule has 0 unspecified atom stereocenters. The van der Waals surface area contributed by atoms with Crippen molar-refractivity contribution in [3.05, 3.63) is 0 Å². The molecule has 1 amide bonds. The number of hydrogen-bond acceptors (Lipinski definition) is 2. The zero-order valence-electron chi connectivity index (χ0n) is 9.25. The van der Waals surface area contributed by atoms with Gasteiger partial charge in [0.05, 0.1) is 6.54 Å². The highest BCUT2D eigenvalue weighted by atomic mass is 16.6. The number of carbonyl (C=O) groups excluding carboxylic acids is 1. The summed E-state index contributed by atoms with van der Waals surface area (Å²) in [4.78, 5) is 13.2. The second kappa shape index (κ2) is 3.14. The quantitative estimate of drug-likeness (QED) is 0.679. The fraction of sp³-hybridized carbons (Fsp3) is 0.909. The second-order valence-corrected chi connectivity index (χ2v) is 4.98. The van der Waals surface area contributed by atoms with Crippen LogP contribution in [0, 0.1) is 11.8 Å². The predicted molar refractivity (Wildman–Crippen MR) is 54.0 cm³/mol. The Kier molecular flexibility index (Phi) is 2.20. The number of amides is 1. The van der Waals surface area contributed by atoms with Crippen LogP contribution in [0.5, 0.6) is 0 Å². The van der Waals surface area contributed by atoms with Gasteiger partial charge in [0.25, 0.3) is 0 Å². The van der Waals surface area contributed by atoms with E-state index in [9.17, 15) is 4.79 Å². The molecule has 1 heterocycles. The summed E-state index contributed by atoms with van der Waals surface area (Å²) in [5.41, 5.74) is -0.109. The van der Waals surface area contributed by atoms with E-state index in [0.717, 1.165) is 37.8 Å². The topological polar surface area (TPSA) is 29.5 Å². The molecular weight excluding hydrogens is 178 g/mol. The van der Waals surface area contributed by atoms with Gasteiger partial charge in [0.1, 0.15) is 5.60 Å². The summed E-state index contributed by atoms with van der Waals surface area (Å²) >= 11 is 0. The smallest absolute Gasteiger partial charge is 0.410 e. The number of hydrogen-bond donors (Lipinski definition) is 0. The highest BCUT2D eigenvalue weighted by Crippen LogP contribution is 2.47. The van der Waals surface area contributed by atoms with E-state index in [4.69, 9.17) is 4.74 Å². The minimum absolute atomic E-state index is 0.109. The minimum Gasteiger partial charge on any atom is -0.441 e. The fourth-order valence-corrected chi connectivity index (χ4v) is 2.52. The van der Waals surface area contributed by atoms with Crippen molar-refractivity contribution in [1.82, 2.24) is 4.90 Å². The van der Waals surface area contributed by atoms with Crippen molar-refractivity contribution >= 4 is 6.09 Å². The first kappa shape index (κ1) is 9.81. The molecule has 2 aliphatic rings. The van der Waals surface area contributed by atoms with Gasteiger partial charge in [-0.15, -0.1) is 0 Å². The molecule has 0 atom stereocenters. The average Bonchev–Trinajstić information content (AvgIpc) is 2.39. The van der Waals surface area contributed by atoms with Crippen molar-refractivity contribution in [3.63, 3.8) is 0 Å². The number of ether oxygens (including phenoxy) is 1. The molecule has 0 aromatic heterocycles. The summed E-state index contributed by atoms with van der Waals surface area (Å²) in [6, 6.07) is 0. The number of nitrogens with zero attached hydrogens (tertiary/aromatic N) is 1. The molecule has 0 aromatic rings. The maximum atomic E-state index is 11.4. The van der Waals surface area contributed by atoms with Crippen molar-refractivity contribution in [2.24, 2.45) is 11.8 Å². The van der Waals surface area contributed by atoms with Crippen LogP contribution in [-0.4, -0.2) is 29.7 Å². The fourth-order valence-electron chi connectivity index (χ4n) is 2.52. The Hall–Kier alpha value is -0.730. The van der Waals surface area contributed by atoms with Crippen LogP contribution >= 0.6 is 0 Å². The van der Waals surface area contributed by atoms with Crippen molar-refractivity contribution in [1.29, 1.82) is 0 Å². The normalized spacial score (nSPS) is 36.4. The van der Waals surface area contributed by atoms with Gasteiger partial charge in [-0.3, -0.25) is 0 Å².